The van der Waals surface area contributed by atoms with Crippen molar-refractivity contribution in [2.75, 3.05) is 23.7 Å². The molecule has 110 valence electrons. The number of imidazole rings is 1. The topological polar surface area (TPSA) is 76.2 Å². The Morgan fingerprint density at radius 1 is 1.43 bits per heavy atom. The third-order valence-corrected chi connectivity index (χ3v) is 3.69. The molecule has 3 N–H and O–H groups in total. The molecule has 0 aliphatic carbocycles. The summed E-state index contributed by atoms with van der Waals surface area (Å²) < 4.78 is 2.13. The van der Waals surface area contributed by atoms with Crippen molar-refractivity contribution in [3.8, 4) is 0 Å². The number of carbonyl (C=O) groups is 1. The summed E-state index contributed by atoms with van der Waals surface area (Å²) in [4.78, 5) is 18.7. The third kappa shape index (κ3) is 2.56. The first-order valence-corrected chi connectivity index (χ1v) is 7.11. The fraction of sp³-hybridized carbons (Fsp3) is 0.333. The first-order chi connectivity index (χ1) is 10.2. The molecule has 0 bridgehead atoms. The number of nitrogen functional groups attached to an aromatic ring is 1. The summed E-state index contributed by atoms with van der Waals surface area (Å²) in [6.45, 7) is 4.89. The van der Waals surface area contributed by atoms with Crippen LogP contribution in [0.15, 0.2) is 30.6 Å². The number of hydrogen-bond donors (Lipinski definition) is 2. The lowest BCUT2D eigenvalue weighted by Crippen LogP contribution is -2.35. The van der Waals surface area contributed by atoms with Crippen LogP contribution < -0.4 is 16.0 Å². The zero-order chi connectivity index (χ0) is 14.8. The summed E-state index contributed by atoms with van der Waals surface area (Å²) in [5.74, 6) is 0.937. The van der Waals surface area contributed by atoms with Gasteiger partial charge in [-0.2, -0.15) is 0 Å². The monoisotopic (exact) mass is 285 g/mol. The summed E-state index contributed by atoms with van der Waals surface area (Å²) in [6.07, 6.45) is 3.79. The third-order valence-electron chi connectivity index (χ3n) is 3.69. The number of carbonyl (C=O) groups excluding carboxylic acids is 1. The standard InChI is InChI=1S/C15H19N5O/c1-2-17-15(21)12-4-3-11(16)9-13(12)20-8-7-19-6-5-18-14(19)10-20/h3-6,9H,2,7-8,10,16H2,1H3,(H,17,21). The molecular weight excluding hydrogens is 266 g/mol. The van der Waals surface area contributed by atoms with Crippen LogP contribution in [0.25, 0.3) is 0 Å². The van der Waals surface area contributed by atoms with E-state index in [1.165, 1.54) is 0 Å². The van der Waals surface area contributed by atoms with Gasteiger partial charge in [0, 0.05) is 37.7 Å². The van der Waals surface area contributed by atoms with E-state index in [1.54, 1.807) is 12.1 Å². The normalized spacial score (nSPS) is 13.9. The number of rotatable bonds is 3. The van der Waals surface area contributed by atoms with Crippen LogP contribution >= 0.6 is 0 Å². The minimum atomic E-state index is -0.0681. The maximum atomic E-state index is 12.2. The highest BCUT2D eigenvalue weighted by Gasteiger charge is 2.21. The number of nitrogens with zero attached hydrogens (tertiary/aromatic N) is 3. The predicted molar refractivity (Wildman–Crippen MR) is 82.1 cm³/mol. The first kappa shape index (κ1) is 13.5. The molecule has 21 heavy (non-hydrogen) atoms. The van der Waals surface area contributed by atoms with Gasteiger partial charge in [0.1, 0.15) is 5.82 Å². The molecule has 2 aromatic rings. The maximum absolute atomic E-state index is 12.2. The van der Waals surface area contributed by atoms with Crippen LogP contribution in [0.5, 0.6) is 0 Å². The van der Waals surface area contributed by atoms with E-state index in [9.17, 15) is 4.79 Å². The van der Waals surface area contributed by atoms with Crippen molar-refractivity contribution in [1.82, 2.24) is 14.9 Å². The van der Waals surface area contributed by atoms with Gasteiger partial charge in [0.15, 0.2) is 0 Å². The zero-order valence-electron chi connectivity index (χ0n) is 12.0. The van der Waals surface area contributed by atoms with Crippen LogP contribution in [0.3, 0.4) is 0 Å². The van der Waals surface area contributed by atoms with Gasteiger partial charge < -0.3 is 20.5 Å². The Hall–Kier alpha value is -2.50. The van der Waals surface area contributed by atoms with Gasteiger partial charge in [-0.3, -0.25) is 4.79 Å². The molecular formula is C15H19N5O. The number of benzene rings is 1. The van der Waals surface area contributed by atoms with Crippen molar-refractivity contribution in [3.63, 3.8) is 0 Å². The van der Waals surface area contributed by atoms with Gasteiger partial charge in [0.25, 0.3) is 5.91 Å². The largest absolute Gasteiger partial charge is 0.399 e. The molecule has 0 atom stereocenters. The summed E-state index contributed by atoms with van der Waals surface area (Å²) in [7, 11) is 0. The number of fused-ring (bicyclic) bond motifs is 1. The number of amides is 1. The number of anilines is 2. The van der Waals surface area contributed by atoms with Gasteiger partial charge in [-0.15, -0.1) is 0 Å². The van der Waals surface area contributed by atoms with Crippen molar-refractivity contribution in [2.45, 2.75) is 20.0 Å². The van der Waals surface area contributed by atoms with Gasteiger partial charge in [-0.1, -0.05) is 0 Å². The highest BCUT2D eigenvalue weighted by atomic mass is 16.1. The fourth-order valence-corrected chi connectivity index (χ4v) is 2.64. The van der Waals surface area contributed by atoms with E-state index in [4.69, 9.17) is 5.73 Å². The predicted octanol–water partition coefficient (Wildman–Crippen LogP) is 1.24. The highest BCUT2D eigenvalue weighted by molar-refractivity contribution is 6.00. The average molecular weight is 285 g/mol. The quantitative estimate of drug-likeness (QED) is 0.832. The Labute approximate surface area is 123 Å². The van der Waals surface area contributed by atoms with Crippen molar-refractivity contribution >= 4 is 17.3 Å². The molecule has 2 heterocycles. The van der Waals surface area contributed by atoms with Gasteiger partial charge in [-0.05, 0) is 25.1 Å². The van der Waals surface area contributed by atoms with Crippen LogP contribution in [0.4, 0.5) is 11.4 Å². The molecule has 0 saturated carbocycles. The van der Waals surface area contributed by atoms with E-state index in [0.29, 0.717) is 24.3 Å². The van der Waals surface area contributed by atoms with Crippen LogP contribution in [0.1, 0.15) is 23.1 Å². The van der Waals surface area contributed by atoms with Gasteiger partial charge in [-0.25, -0.2) is 4.98 Å². The molecule has 0 saturated heterocycles. The van der Waals surface area contributed by atoms with Crippen LogP contribution in [-0.2, 0) is 13.1 Å². The van der Waals surface area contributed by atoms with Gasteiger partial charge in [0.2, 0.25) is 0 Å². The van der Waals surface area contributed by atoms with E-state index in [1.807, 2.05) is 25.4 Å². The van der Waals surface area contributed by atoms with Crippen molar-refractivity contribution in [1.29, 1.82) is 0 Å². The van der Waals surface area contributed by atoms with E-state index < -0.39 is 0 Å². The molecule has 1 aliphatic heterocycles. The first-order valence-electron chi connectivity index (χ1n) is 7.11. The van der Waals surface area contributed by atoms with Crippen LogP contribution in [-0.4, -0.2) is 28.5 Å². The molecule has 0 spiro atoms. The lowest BCUT2D eigenvalue weighted by molar-refractivity contribution is 0.0956. The second-order valence-electron chi connectivity index (χ2n) is 5.09. The molecule has 6 heteroatoms. The molecule has 0 radical (unpaired) electrons. The van der Waals surface area contributed by atoms with Crippen LogP contribution in [0, 0.1) is 0 Å². The summed E-state index contributed by atoms with van der Waals surface area (Å²) >= 11 is 0. The summed E-state index contributed by atoms with van der Waals surface area (Å²) in [6, 6.07) is 5.42. The van der Waals surface area contributed by atoms with E-state index >= 15 is 0 Å². The average Bonchev–Trinajstić information content (AvgIpc) is 2.94. The maximum Gasteiger partial charge on any atom is 0.253 e. The second kappa shape index (κ2) is 5.47. The Balaban J connectivity index is 1.94. The number of hydrogen-bond acceptors (Lipinski definition) is 4. The molecule has 1 amide bonds. The Morgan fingerprint density at radius 2 is 2.29 bits per heavy atom. The number of nitrogens with two attached hydrogens (primary N) is 1. The lowest BCUT2D eigenvalue weighted by atomic mass is 10.1. The summed E-state index contributed by atoms with van der Waals surface area (Å²) in [5.41, 5.74) is 8.09. The number of aromatic nitrogens is 2. The molecule has 3 rings (SSSR count). The van der Waals surface area contributed by atoms with E-state index in [-0.39, 0.29) is 5.91 Å². The minimum absolute atomic E-state index is 0.0681. The highest BCUT2D eigenvalue weighted by Crippen LogP contribution is 2.27. The molecule has 1 aromatic heterocycles. The summed E-state index contributed by atoms with van der Waals surface area (Å²) in [5, 5.41) is 2.85. The Kier molecular flexibility index (Phi) is 3.51. The van der Waals surface area contributed by atoms with Crippen molar-refractivity contribution in [2.24, 2.45) is 0 Å². The Bertz CT molecular complexity index is 664. The van der Waals surface area contributed by atoms with E-state index in [2.05, 4.69) is 19.8 Å². The Morgan fingerprint density at radius 3 is 3.10 bits per heavy atom. The molecule has 0 fully saturated rings. The zero-order valence-corrected chi connectivity index (χ0v) is 12.0. The minimum Gasteiger partial charge on any atom is -0.399 e. The molecule has 0 unspecified atom stereocenters. The van der Waals surface area contributed by atoms with Crippen LogP contribution in [0.2, 0.25) is 0 Å². The van der Waals surface area contributed by atoms with Gasteiger partial charge in [0.05, 0.1) is 17.8 Å². The van der Waals surface area contributed by atoms with Crippen molar-refractivity contribution < 1.29 is 4.79 Å². The molecule has 6 nitrogen and oxygen atoms in total. The van der Waals surface area contributed by atoms with Gasteiger partial charge >= 0.3 is 0 Å². The smallest absolute Gasteiger partial charge is 0.253 e. The fourth-order valence-electron chi connectivity index (χ4n) is 2.64. The lowest BCUT2D eigenvalue weighted by Gasteiger charge is -2.31. The molecule has 1 aliphatic rings. The van der Waals surface area contributed by atoms with E-state index in [0.717, 1.165) is 24.6 Å². The number of nitrogens with one attached hydrogen (secondary N) is 1. The molecule has 1 aromatic carbocycles. The SMILES string of the molecule is CCNC(=O)c1ccc(N)cc1N1CCn2ccnc2C1. The second-order valence-corrected chi connectivity index (χ2v) is 5.09. The van der Waals surface area contributed by atoms with Crippen molar-refractivity contribution in [3.05, 3.63) is 42.0 Å².